The van der Waals surface area contributed by atoms with Crippen LogP contribution in [-0.4, -0.2) is 57.8 Å². The van der Waals surface area contributed by atoms with Crippen molar-refractivity contribution in [3.63, 3.8) is 0 Å². The maximum Gasteiger partial charge on any atom is 0.228 e. The Balaban J connectivity index is 1.16. The van der Waals surface area contributed by atoms with Gasteiger partial charge in [-0.1, -0.05) is 12.2 Å². The smallest absolute Gasteiger partial charge is 0.228 e. The number of nitrogens with one attached hydrogen (secondary N) is 1. The molecule has 1 aliphatic heterocycles. The maximum absolute atomic E-state index is 13.6. The van der Waals surface area contributed by atoms with Crippen molar-refractivity contribution in [1.82, 2.24) is 19.9 Å². The number of carbonyl (C=O) groups is 2. The van der Waals surface area contributed by atoms with Crippen molar-refractivity contribution in [3.05, 3.63) is 52.9 Å². The first-order chi connectivity index (χ1) is 18.1. The summed E-state index contributed by atoms with van der Waals surface area (Å²) in [7, 11) is 0. The molecule has 37 heavy (non-hydrogen) atoms. The molecule has 3 aliphatic rings. The third kappa shape index (κ3) is 4.72. The summed E-state index contributed by atoms with van der Waals surface area (Å²) in [6.07, 6.45) is 13.2. The number of hydrogen-bond acceptors (Lipinski definition) is 7. The van der Waals surface area contributed by atoms with Crippen molar-refractivity contribution in [2.24, 2.45) is 11.8 Å². The minimum Gasteiger partial charge on any atom is -0.352 e. The van der Waals surface area contributed by atoms with E-state index in [0.29, 0.717) is 31.6 Å². The van der Waals surface area contributed by atoms with E-state index < -0.39 is 0 Å². The van der Waals surface area contributed by atoms with Crippen LogP contribution in [0.4, 0.5) is 11.5 Å². The summed E-state index contributed by atoms with van der Waals surface area (Å²) in [4.78, 5) is 47.3. The molecular formula is C28H32N6O2S. The summed E-state index contributed by atoms with van der Waals surface area (Å²) in [6.45, 7) is 4.70. The number of amides is 2. The van der Waals surface area contributed by atoms with Crippen molar-refractivity contribution >= 4 is 44.9 Å². The number of aryl methyl sites for hydroxylation is 3. The summed E-state index contributed by atoms with van der Waals surface area (Å²) in [5.41, 5.74) is 2.10. The third-order valence-electron chi connectivity index (χ3n) is 7.81. The SMILES string of the molecule is Cc1nc(N2CCN(C(=O)[C@H]3CC=CC[C@@H]3C(=O)Nc3cccnc3)CC2)c2c3c(sc2n1)CCCC3. The Morgan fingerprint density at radius 2 is 1.81 bits per heavy atom. The summed E-state index contributed by atoms with van der Waals surface area (Å²) >= 11 is 1.83. The van der Waals surface area contributed by atoms with E-state index in [1.807, 2.05) is 41.4 Å². The molecule has 0 saturated carbocycles. The number of thiophene rings is 1. The van der Waals surface area contributed by atoms with Crippen LogP contribution in [0.25, 0.3) is 10.2 Å². The number of fused-ring (bicyclic) bond motifs is 3. The lowest BCUT2D eigenvalue weighted by Gasteiger charge is -2.39. The number of anilines is 2. The molecule has 4 heterocycles. The summed E-state index contributed by atoms with van der Waals surface area (Å²) in [6, 6.07) is 3.60. The molecule has 9 heteroatoms. The highest BCUT2D eigenvalue weighted by atomic mass is 32.1. The monoisotopic (exact) mass is 516 g/mol. The van der Waals surface area contributed by atoms with Crippen molar-refractivity contribution in [2.45, 2.75) is 45.4 Å². The minimum absolute atomic E-state index is 0.0762. The van der Waals surface area contributed by atoms with Crippen LogP contribution in [0.2, 0.25) is 0 Å². The number of aromatic nitrogens is 3. The molecule has 3 aromatic rings. The van der Waals surface area contributed by atoms with Crippen LogP contribution >= 0.6 is 11.3 Å². The molecule has 2 amide bonds. The standard InChI is InChI=1S/C28H32N6O2S/c1-18-30-25(24-22-10-4-5-11-23(22)37-27(24)31-18)33-13-15-34(16-14-33)28(36)21-9-3-2-8-20(21)26(35)32-19-7-6-12-29-17-19/h2-3,6-7,12,17,20-21H,4-5,8-11,13-16H2,1H3,(H,32,35)/t20-,21-/m0/s1. The molecule has 1 fully saturated rings. The molecule has 8 nitrogen and oxygen atoms in total. The quantitative estimate of drug-likeness (QED) is 0.524. The van der Waals surface area contributed by atoms with E-state index in [-0.39, 0.29) is 23.7 Å². The Kier molecular flexibility index (Phi) is 6.63. The van der Waals surface area contributed by atoms with Gasteiger partial charge in [0.05, 0.1) is 29.1 Å². The summed E-state index contributed by atoms with van der Waals surface area (Å²) in [5, 5.41) is 4.18. The van der Waals surface area contributed by atoms with Gasteiger partial charge in [-0.05, 0) is 63.1 Å². The Bertz CT molecular complexity index is 1350. The van der Waals surface area contributed by atoms with Crippen LogP contribution in [0.5, 0.6) is 0 Å². The minimum atomic E-state index is -0.378. The van der Waals surface area contributed by atoms with Gasteiger partial charge in [0.25, 0.3) is 0 Å². The molecule has 0 bridgehead atoms. The van der Waals surface area contributed by atoms with Gasteiger partial charge in [-0.2, -0.15) is 0 Å². The van der Waals surface area contributed by atoms with Gasteiger partial charge in [-0.15, -0.1) is 11.3 Å². The Labute approximate surface area is 220 Å². The number of piperazine rings is 1. The number of nitrogens with zero attached hydrogens (tertiary/aromatic N) is 5. The van der Waals surface area contributed by atoms with E-state index in [9.17, 15) is 9.59 Å². The van der Waals surface area contributed by atoms with Crippen molar-refractivity contribution < 1.29 is 9.59 Å². The highest BCUT2D eigenvalue weighted by molar-refractivity contribution is 7.19. The molecule has 1 saturated heterocycles. The third-order valence-corrected chi connectivity index (χ3v) is 9.00. The molecular weight excluding hydrogens is 484 g/mol. The van der Waals surface area contributed by atoms with Crippen molar-refractivity contribution in [2.75, 3.05) is 36.4 Å². The predicted octanol–water partition coefficient (Wildman–Crippen LogP) is 4.14. The first-order valence-electron chi connectivity index (χ1n) is 13.3. The molecule has 1 N–H and O–H groups in total. The first kappa shape index (κ1) is 24.0. The highest BCUT2D eigenvalue weighted by Gasteiger charge is 2.37. The Morgan fingerprint density at radius 1 is 1.03 bits per heavy atom. The Hall–Kier alpha value is -3.33. The van der Waals surface area contributed by atoms with Crippen molar-refractivity contribution in [1.29, 1.82) is 0 Å². The van der Waals surface area contributed by atoms with Crippen LogP contribution in [0, 0.1) is 18.8 Å². The average molecular weight is 517 g/mol. The van der Waals surface area contributed by atoms with Crippen LogP contribution < -0.4 is 10.2 Å². The fourth-order valence-electron chi connectivity index (χ4n) is 5.89. The highest BCUT2D eigenvalue weighted by Crippen LogP contribution is 2.40. The number of hydrogen-bond donors (Lipinski definition) is 1. The number of carbonyl (C=O) groups excluding carboxylic acids is 2. The summed E-state index contributed by atoms with van der Waals surface area (Å²) < 4.78 is 0. The van der Waals surface area contributed by atoms with Crippen LogP contribution in [0.3, 0.4) is 0 Å². The lowest BCUT2D eigenvalue weighted by molar-refractivity contribution is -0.141. The van der Waals surface area contributed by atoms with Gasteiger partial charge in [0.15, 0.2) is 0 Å². The average Bonchev–Trinajstić information content (AvgIpc) is 3.31. The maximum atomic E-state index is 13.6. The van der Waals surface area contributed by atoms with Gasteiger partial charge in [0.2, 0.25) is 11.8 Å². The van der Waals surface area contributed by atoms with Crippen LogP contribution in [-0.2, 0) is 22.4 Å². The molecule has 0 unspecified atom stereocenters. The number of rotatable bonds is 4. The second kappa shape index (κ2) is 10.2. The van der Waals surface area contributed by atoms with E-state index >= 15 is 0 Å². The van der Waals surface area contributed by atoms with Crippen LogP contribution in [0.1, 0.15) is 41.9 Å². The topological polar surface area (TPSA) is 91.3 Å². The lowest BCUT2D eigenvalue weighted by atomic mass is 9.81. The molecule has 3 aromatic heterocycles. The fraction of sp³-hybridized carbons (Fsp3) is 0.464. The molecule has 6 rings (SSSR count). The van der Waals surface area contributed by atoms with Crippen LogP contribution in [0.15, 0.2) is 36.7 Å². The van der Waals surface area contributed by atoms with Gasteiger partial charge < -0.3 is 15.1 Å². The number of allylic oxidation sites excluding steroid dienone is 2. The predicted molar refractivity (Wildman–Crippen MR) is 146 cm³/mol. The first-order valence-corrected chi connectivity index (χ1v) is 14.1. The zero-order valence-corrected chi connectivity index (χ0v) is 22.0. The Morgan fingerprint density at radius 3 is 2.59 bits per heavy atom. The van der Waals surface area contributed by atoms with E-state index in [1.165, 1.54) is 28.7 Å². The second-order valence-corrected chi connectivity index (χ2v) is 11.3. The number of pyridine rings is 1. The van der Waals surface area contributed by atoms with Crippen molar-refractivity contribution in [3.8, 4) is 0 Å². The molecule has 0 aromatic carbocycles. The second-order valence-electron chi connectivity index (χ2n) is 10.2. The van der Waals surface area contributed by atoms with E-state index in [4.69, 9.17) is 9.97 Å². The van der Waals surface area contributed by atoms with E-state index in [1.54, 1.807) is 18.5 Å². The fourth-order valence-corrected chi connectivity index (χ4v) is 7.19. The molecule has 0 spiro atoms. The normalized spacial score (nSPS) is 21.6. The van der Waals surface area contributed by atoms with Gasteiger partial charge >= 0.3 is 0 Å². The summed E-state index contributed by atoms with van der Waals surface area (Å²) in [5.74, 6) is 1.07. The van der Waals surface area contributed by atoms with E-state index in [2.05, 4.69) is 15.2 Å². The van der Waals surface area contributed by atoms with Gasteiger partial charge in [-0.25, -0.2) is 9.97 Å². The zero-order valence-electron chi connectivity index (χ0n) is 21.2. The molecule has 0 radical (unpaired) electrons. The van der Waals surface area contributed by atoms with E-state index in [0.717, 1.165) is 42.4 Å². The van der Waals surface area contributed by atoms with Gasteiger partial charge in [0.1, 0.15) is 16.5 Å². The molecule has 2 atom stereocenters. The van der Waals surface area contributed by atoms with Gasteiger partial charge in [0, 0.05) is 37.3 Å². The largest absolute Gasteiger partial charge is 0.352 e. The molecule has 192 valence electrons. The zero-order chi connectivity index (χ0) is 25.4. The van der Waals surface area contributed by atoms with Gasteiger partial charge in [-0.3, -0.25) is 14.6 Å². The lowest BCUT2D eigenvalue weighted by Crippen LogP contribution is -2.52. The molecule has 2 aliphatic carbocycles.